The van der Waals surface area contributed by atoms with Crippen molar-refractivity contribution in [3.05, 3.63) is 39.3 Å². The Morgan fingerprint density at radius 1 is 1.38 bits per heavy atom. The van der Waals surface area contributed by atoms with Gasteiger partial charge < -0.3 is 10.2 Å². The highest BCUT2D eigenvalue weighted by atomic mass is 32.1. The van der Waals surface area contributed by atoms with Gasteiger partial charge in [-0.05, 0) is 36.3 Å². The number of rotatable bonds is 6. The first-order valence-electron chi connectivity index (χ1n) is 9.20. The summed E-state index contributed by atoms with van der Waals surface area (Å²) < 4.78 is 1.65. The van der Waals surface area contributed by atoms with Crippen molar-refractivity contribution < 1.29 is 9.59 Å². The fourth-order valence-corrected chi connectivity index (χ4v) is 4.31. The van der Waals surface area contributed by atoms with Gasteiger partial charge in [0, 0.05) is 31.2 Å². The van der Waals surface area contributed by atoms with Gasteiger partial charge in [-0.1, -0.05) is 20.3 Å². The van der Waals surface area contributed by atoms with Gasteiger partial charge in [-0.25, -0.2) is 0 Å². The van der Waals surface area contributed by atoms with Crippen LogP contribution in [0.5, 0.6) is 0 Å². The van der Waals surface area contributed by atoms with Crippen molar-refractivity contribution in [2.75, 3.05) is 6.54 Å². The molecule has 1 atom stereocenters. The first-order valence-corrected chi connectivity index (χ1v) is 10.1. The van der Waals surface area contributed by atoms with E-state index in [0.29, 0.717) is 24.9 Å². The summed E-state index contributed by atoms with van der Waals surface area (Å²) in [4.78, 5) is 29.0. The van der Waals surface area contributed by atoms with Gasteiger partial charge in [0.25, 0.3) is 5.91 Å². The van der Waals surface area contributed by atoms with Crippen molar-refractivity contribution >= 4 is 23.2 Å². The van der Waals surface area contributed by atoms with Crippen LogP contribution in [0, 0.1) is 0 Å². The van der Waals surface area contributed by atoms with Crippen LogP contribution in [0.2, 0.25) is 0 Å². The smallest absolute Gasteiger partial charge is 0.255 e. The number of aryl methyl sites for hydroxylation is 2. The van der Waals surface area contributed by atoms with Crippen LogP contribution in [-0.4, -0.2) is 39.1 Å². The number of thiophene rings is 1. The van der Waals surface area contributed by atoms with Crippen LogP contribution in [0.15, 0.2) is 17.6 Å². The molecule has 0 radical (unpaired) electrons. The summed E-state index contributed by atoms with van der Waals surface area (Å²) in [7, 11) is 1.80. The Balaban J connectivity index is 1.72. The summed E-state index contributed by atoms with van der Waals surface area (Å²) in [5.74, 6) is -0.200. The highest BCUT2D eigenvalue weighted by Gasteiger charge is 2.29. The van der Waals surface area contributed by atoms with Crippen LogP contribution >= 0.6 is 11.3 Å². The van der Waals surface area contributed by atoms with Gasteiger partial charge in [-0.3, -0.25) is 14.3 Å². The lowest BCUT2D eigenvalue weighted by Gasteiger charge is -2.30. The SMILES string of the molecule is CCCC(NC(=O)c1cn(C)nc1CC)C(=O)N1CCc2sccc2C1. The number of nitrogens with zero attached hydrogens (tertiary/aromatic N) is 3. The predicted octanol–water partition coefficient (Wildman–Crippen LogP) is 2.53. The second-order valence-corrected chi connectivity index (χ2v) is 7.71. The van der Waals surface area contributed by atoms with Gasteiger partial charge in [0.15, 0.2) is 0 Å². The maximum Gasteiger partial charge on any atom is 0.255 e. The van der Waals surface area contributed by atoms with Gasteiger partial charge in [-0.2, -0.15) is 5.10 Å². The third kappa shape index (κ3) is 3.82. The summed E-state index contributed by atoms with van der Waals surface area (Å²) in [5, 5.41) is 9.36. The Kier molecular flexibility index (Phi) is 5.76. The highest BCUT2D eigenvalue weighted by Crippen LogP contribution is 2.24. The molecule has 3 heterocycles. The molecule has 2 aromatic heterocycles. The topological polar surface area (TPSA) is 67.2 Å². The third-order valence-electron chi connectivity index (χ3n) is 4.78. The highest BCUT2D eigenvalue weighted by molar-refractivity contribution is 7.10. The average Bonchev–Trinajstić information content (AvgIpc) is 3.25. The molecule has 0 aliphatic carbocycles. The minimum Gasteiger partial charge on any atom is -0.340 e. The van der Waals surface area contributed by atoms with E-state index >= 15 is 0 Å². The Bertz CT molecular complexity index is 795. The molecule has 0 saturated carbocycles. The van der Waals surface area contributed by atoms with E-state index < -0.39 is 6.04 Å². The zero-order chi connectivity index (χ0) is 18.7. The third-order valence-corrected chi connectivity index (χ3v) is 5.81. The van der Waals surface area contributed by atoms with Gasteiger partial charge in [0.05, 0.1) is 11.3 Å². The number of aromatic nitrogens is 2. The number of amides is 2. The molecule has 26 heavy (non-hydrogen) atoms. The van der Waals surface area contributed by atoms with Gasteiger partial charge >= 0.3 is 0 Å². The van der Waals surface area contributed by atoms with E-state index in [9.17, 15) is 9.59 Å². The van der Waals surface area contributed by atoms with E-state index in [0.717, 1.165) is 25.1 Å². The van der Waals surface area contributed by atoms with Crippen LogP contribution in [0.4, 0.5) is 0 Å². The zero-order valence-electron chi connectivity index (χ0n) is 15.6. The monoisotopic (exact) mass is 374 g/mol. The van der Waals surface area contributed by atoms with Crippen LogP contribution in [-0.2, 0) is 31.2 Å². The van der Waals surface area contributed by atoms with E-state index in [-0.39, 0.29) is 11.8 Å². The van der Waals surface area contributed by atoms with E-state index in [1.54, 1.807) is 29.3 Å². The lowest BCUT2D eigenvalue weighted by atomic mass is 10.1. The molecule has 0 bridgehead atoms. The first-order chi connectivity index (χ1) is 12.5. The number of hydrogen-bond acceptors (Lipinski definition) is 4. The molecule has 3 rings (SSSR count). The van der Waals surface area contributed by atoms with Crippen LogP contribution < -0.4 is 5.32 Å². The molecule has 140 valence electrons. The molecule has 1 unspecified atom stereocenters. The van der Waals surface area contributed by atoms with Gasteiger partial charge in [0.1, 0.15) is 6.04 Å². The Morgan fingerprint density at radius 3 is 2.92 bits per heavy atom. The van der Waals surface area contributed by atoms with E-state index in [4.69, 9.17) is 0 Å². The van der Waals surface area contributed by atoms with Crippen molar-refractivity contribution in [2.45, 2.75) is 52.1 Å². The second kappa shape index (κ2) is 8.03. The normalized spacial score (nSPS) is 14.8. The van der Waals surface area contributed by atoms with E-state index in [1.807, 2.05) is 18.7 Å². The lowest BCUT2D eigenvalue weighted by Crippen LogP contribution is -2.49. The van der Waals surface area contributed by atoms with Crippen LogP contribution in [0.3, 0.4) is 0 Å². The molecule has 0 fully saturated rings. The fourth-order valence-electron chi connectivity index (χ4n) is 3.42. The molecule has 0 spiro atoms. The minimum atomic E-state index is -0.488. The van der Waals surface area contributed by atoms with Crippen molar-refractivity contribution in [1.29, 1.82) is 0 Å². The molecule has 7 heteroatoms. The summed E-state index contributed by atoms with van der Waals surface area (Å²) in [6.07, 6.45) is 4.78. The Hall–Kier alpha value is -2.15. The maximum atomic E-state index is 13.0. The number of hydrogen-bond donors (Lipinski definition) is 1. The summed E-state index contributed by atoms with van der Waals surface area (Å²) in [6, 6.07) is 1.60. The van der Waals surface area contributed by atoms with E-state index in [1.165, 1.54) is 10.4 Å². The molecule has 0 aromatic carbocycles. The standard InChI is InChI=1S/C19H26N4O2S/c1-4-6-16(20-18(24)14-12-22(3)21-15(14)5-2)19(25)23-9-7-17-13(11-23)8-10-26-17/h8,10,12,16H,4-7,9,11H2,1-3H3,(H,20,24). The van der Waals surface area contributed by atoms with Crippen molar-refractivity contribution in [2.24, 2.45) is 7.05 Å². The molecular formula is C19H26N4O2S. The van der Waals surface area contributed by atoms with Gasteiger partial charge in [-0.15, -0.1) is 11.3 Å². The number of nitrogens with one attached hydrogen (secondary N) is 1. The summed E-state index contributed by atoms with van der Waals surface area (Å²) >= 11 is 1.76. The van der Waals surface area contributed by atoms with Gasteiger partial charge in [0.2, 0.25) is 5.91 Å². The summed E-state index contributed by atoms with van der Waals surface area (Å²) in [6.45, 7) is 5.36. The maximum absolute atomic E-state index is 13.0. The number of fused-ring (bicyclic) bond motifs is 1. The molecule has 1 N–H and O–H groups in total. The molecule has 1 aliphatic heterocycles. The Morgan fingerprint density at radius 2 is 2.19 bits per heavy atom. The summed E-state index contributed by atoms with van der Waals surface area (Å²) in [5.41, 5.74) is 2.55. The molecule has 1 aliphatic rings. The minimum absolute atomic E-state index is 0.0130. The molecule has 2 aromatic rings. The first kappa shape index (κ1) is 18.6. The molecular weight excluding hydrogens is 348 g/mol. The van der Waals surface area contributed by atoms with Crippen molar-refractivity contribution in [3.63, 3.8) is 0 Å². The van der Waals surface area contributed by atoms with Crippen molar-refractivity contribution in [1.82, 2.24) is 20.0 Å². The van der Waals surface area contributed by atoms with Crippen LogP contribution in [0.25, 0.3) is 0 Å². The molecule has 2 amide bonds. The largest absolute Gasteiger partial charge is 0.340 e. The lowest BCUT2D eigenvalue weighted by molar-refractivity contribution is -0.134. The van der Waals surface area contributed by atoms with E-state index in [2.05, 4.69) is 21.9 Å². The quantitative estimate of drug-likeness (QED) is 0.845. The number of carbonyl (C=O) groups is 2. The molecule has 0 saturated heterocycles. The average molecular weight is 375 g/mol. The zero-order valence-corrected chi connectivity index (χ0v) is 16.4. The number of carbonyl (C=O) groups excluding carboxylic acids is 2. The Labute approximate surface area is 158 Å². The van der Waals surface area contributed by atoms with Crippen molar-refractivity contribution in [3.8, 4) is 0 Å². The van der Waals surface area contributed by atoms with Crippen LogP contribution in [0.1, 0.15) is 53.2 Å². The fraction of sp³-hybridized carbons (Fsp3) is 0.526. The predicted molar refractivity (Wildman–Crippen MR) is 102 cm³/mol. The molecule has 6 nitrogen and oxygen atoms in total. The second-order valence-electron chi connectivity index (χ2n) is 6.71.